The Balaban J connectivity index is 1.43. The van der Waals surface area contributed by atoms with Gasteiger partial charge in [-0.1, -0.05) is 6.08 Å². The van der Waals surface area contributed by atoms with Crippen LogP contribution >= 0.6 is 12.2 Å². The maximum absolute atomic E-state index is 13.3. The number of H-pyrrole nitrogens is 1. The van der Waals surface area contributed by atoms with E-state index < -0.39 is 0 Å². The van der Waals surface area contributed by atoms with Crippen LogP contribution in [0.3, 0.4) is 0 Å². The Morgan fingerprint density at radius 1 is 1.36 bits per heavy atom. The number of aromatic nitrogens is 1. The third-order valence-corrected chi connectivity index (χ3v) is 4.88. The molecule has 0 unspecified atom stereocenters. The molecule has 4 rings (SSSR count). The molecule has 2 N–H and O–H groups in total. The lowest BCUT2D eigenvalue weighted by Gasteiger charge is -2.29. The van der Waals surface area contributed by atoms with Crippen molar-refractivity contribution in [2.45, 2.75) is 13.0 Å². The normalized spacial score (nSPS) is 14.6. The second kappa shape index (κ2) is 6.72. The molecule has 3 heterocycles. The molecule has 4 nitrogen and oxygen atoms in total. The van der Waals surface area contributed by atoms with Crippen LogP contribution < -0.4 is 5.32 Å². The van der Waals surface area contributed by atoms with Crippen molar-refractivity contribution < 1.29 is 8.81 Å². The second-order valence-electron chi connectivity index (χ2n) is 6.06. The predicted molar refractivity (Wildman–Crippen MR) is 101 cm³/mol. The van der Waals surface area contributed by atoms with Crippen molar-refractivity contribution >= 4 is 33.8 Å². The van der Waals surface area contributed by atoms with E-state index >= 15 is 0 Å². The summed E-state index contributed by atoms with van der Waals surface area (Å²) in [5.74, 6) is 0.638. The molecule has 0 radical (unpaired) electrons. The molecule has 0 atom stereocenters. The molecule has 0 amide bonds. The number of furan rings is 1. The summed E-state index contributed by atoms with van der Waals surface area (Å²) in [5, 5.41) is 5.01. The van der Waals surface area contributed by atoms with Crippen LogP contribution in [0.25, 0.3) is 16.5 Å². The van der Waals surface area contributed by atoms with Crippen LogP contribution in [0.2, 0.25) is 0 Å². The van der Waals surface area contributed by atoms with Crippen LogP contribution in [-0.4, -0.2) is 28.1 Å². The lowest BCUT2D eigenvalue weighted by Crippen LogP contribution is -2.41. The van der Waals surface area contributed by atoms with Crippen molar-refractivity contribution in [1.29, 1.82) is 0 Å². The highest BCUT2D eigenvalue weighted by atomic mass is 32.1. The van der Waals surface area contributed by atoms with E-state index in [2.05, 4.69) is 21.3 Å². The Labute approximate surface area is 150 Å². The highest BCUT2D eigenvalue weighted by Crippen LogP contribution is 2.29. The van der Waals surface area contributed by atoms with Gasteiger partial charge in [-0.2, -0.15) is 0 Å². The van der Waals surface area contributed by atoms with Crippen molar-refractivity contribution in [3.8, 4) is 0 Å². The minimum absolute atomic E-state index is 0.224. The fourth-order valence-corrected chi connectivity index (χ4v) is 3.39. The highest BCUT2D eigenvalue weighted by molar-refractivity contribution is 7.80. The number of nitrogens with zero attached hydrogens (tertiary/aromatic N) is 1. The summed E-state index contributed by atoms with van der Waals surface area (Å²) in [6.07, 6.45) is 6.70. The molecule has 6 heteroatoms. The highest BCUT2D eigenvalue weighted by Gasteiger charge is 2.17. The molecule has 3 aromatic rings. The lowest BCUT2D eigenvalue weighted by molar-refractivity contribution is 0.441. The Morgan fingerprint density at radius 3 is 3.04 bits per heavy atom. The van der Waals surface area contributed by atoms with E-state index in [1.807, 2.05) is 24.4 Å². The Morgan fingerprint density at radius 2 is 2.28 bits per heavy atom. The number of rotatable bonds is 3. The molecule has 1 aliphatic heterocycles. The topological polar surface area (TPSA) is 44.2 Å². The first kappa shape index (κ1) is 15.9. The maximum atomic E-state index is 13.3. The molecular weight excluding hydrogens is 337 g/mol. The molecule has 2 aromatic heterocycles. The van der Waals surface area contributed by atoms with Crippen LogP contribution in [0.5, 0.6) is 0 Å². The van der Waals surface area contributed by atoms with Crippen LogP contribution in [0, 0.1) is 5.82 Å². The van der Waals surface area contributed by atoms with Gasteiger partial charge in [-0.15, -0.1) is 0 Å². The van der Waals surface area contributed by atoms with Gasteiger partial charge in [-0.3, -0.25) is 0 Å². The van der Waals surface area contributed by atoms with Crippen molar-refractivity contribution in [2.75, 3.05) is 13.1 Å². The molecule has 0 saturated carbocycles. The van der Waals surface area contributed by atoms with Crippen molar-refractivity contribution in [1.82, 2.24) is 15.2 Å². The summed E-state index contributed by atoms with van der Waals surface area (Å²) in [4.78, 5) is 5.29. The van der Waals surface area contributed by atoms with Crippen molar-refractivity contribution in [2.24, 2.45) is 0 Å². The van der Waals surface area contributed by atoms with Crippen LogP contribution in [0.15, 0.2) is 53.3 Å². The van der Waals surface area contributed by atoms with Gasteiger partial charge in [-0.05, 0) is 54.5 Å². The smallest absolute Gasteiger partial charge is 0.169 e. The number of hydrogen-bond donors (Lipinski definition) is 2. The first-order valence-corrected chi connectivity index (χ1v) is 8.63. The first-order chi connectivity index (χ1) is 12.2. The Kier molecular flexibility index (Phi) is 4.28. The molecule has 1 aliphatic rings. The first-order valence-electron chi connectivity index (χ1n) is 8.22. The van der Waals surface area contributed by atoms with Gasteiger partial charge < -0.3 is 19.6 Å². The Bertz CT molecular complexity index is 929. The largest absolute Gasteiger partial charge is 0.467 e. The summed E-state index contributed by atoms with van der Waals surface area (Å²) in [7, 11) is 0. The molecule has 128 valence electrons. The summed E-state index contributed by atoms with van der Waals surface area (Å²) in [6, 6.07) is 8.65. The summed E-state index contributed by atoms with van der Waals surface area (Å²) >= 11 is 5.47. The minimum atomic E-state index is -0.224. The third-order valence-electron chi connectivity index (χ3n) is 4.48. The molecule has 1 aromatic carbocycles. The number of nitrogens with one attached hydrogen (secondary N) is 2. The van der Waals surface area contributed by atoms with Gasteiger partial charge in [0.25, 0.3) is 0 Å². The molecule has 0 saturated heterocycles. The van der Waals surface area contributed by atoms with E-state index in [-0.39, 0.29) is 5.82 Å². The maximum Gasteiger partial charge on any atom is 0.169 e. The zero-order valence-corrected chi connectivity index (χ0v) is 14.4. The van der Waals surface area contributed by atoms with E-state index in [0.29, 0.717) is 6.54 Å². The standard InChI is InChI=1S/C19H18FN3OS/c20-14-3-4-16-17(12-21-18(16)10-14)13-5-7-23(8-6-13)19(25)22-11-15-2-1-9-24-15/h1-5,9-10,12,21H,6-8,11H2,(H,22,25). The third kappa shape index (κ3) is 3.30. The summed E-state index contributed by atoms with van der Waals surface area (Å²) in [5.41, 5.74) is 3.24. The molecule has 0 fully saturated rings. The molecule has 0 aliphatic carbocycles. The molecule has 25 heavy (non-hydrogen) atoms. The fourth-order valence-electron chi connectivity index (χ4n) is 3.15. The van der Waals surface area contributed by atoms with E-state index in [0.717, 1.165) is 46.8 Å². The van der Waals surface area contributed by atoms with E-state index in [1.54, 1.807) is 6.26 Å². The zero-order valence-electron chi connectivity index (χ0n) is 13.6. The SMILES string of the molecule is Fc1ccc2c(C3=CCN(C(=S)NCc4ccco4)CC3)c[nH]c2c1. The number of thiocarbonyl (C=S) groups is 1. The quantitative estimate of drug-likeness (QED) is 0.696. The van der Waals surface area contributed by atoms with Crippen LogP contribution in [0.1, 0.15) is 17.7 Å². The minimum Gasteiger partial charge on any atom is -0.467 e. The molecule has 0 bridgehead atoms. The van der Waals surface area contributed by atoms with Gasteiger partial charge in [0.1, 0.15) is 11.6 Å². The number of aromatic amines is 1. The summed E-state index contributed by atoms with van der Waals surface area (Å²) in [6.45, 7) is 2.20. The Hall–Kier alpha value is -2.60. The van der Waals surface area contributed by atoms with Crippen molar-refractivity contribution in [3.63, 3.8) is 0 Å². The van der Waals surface area contributed by atoms with E-state index in [4.69, 9.17) is 16.6 Å². The monoisotopic (exact) mass is 355 g/mol. The second-order valence-corrected chi connectivity index (χ2v) is 6.44. The number of hydrogen-bond acceptors (Lipinski definition) is 2. The van der Waals surface area contributed by atoms with E-state index in [9.17, 15) is 4.39 Å². The van der Waals surface area contributed by atoms with Gasteiger partial charge >= 0.3 is 0 Å². The molecular formula is C19H18FN3OS. The molecule has 0 spiro atoms. The average molecular weight is 355 g/mol. The van der Waals surface area contributed by atoms with Gasteiger partial charge in [0.2, 0.25) is 0 Å². The van der Waals surface area contributed by atoms with E-state index in [1.165, 1.54) is 17.7 Å². The number of fused-ring (bicyclic) bond motifs is 1. The van der Waals surface area contributed by atoms with Crippen molar-refractivity contribution in [3.05, 3.63) is 66.0 Å². The van der Waals surface area contributed by atoms with Gasteiger partial charge in [0.05, 0.1) is 12.8 Å². The lowest BCUT2D eigenvalue weighted by atomic mass is 9.99. The van der Waals surface area contributed by atoms with Crippen LogP contribution in [-0.2, 0) is 6.54 Å². The van der Waals surface area contributed by atoms with Gasteiger partial charge in [0, 0.05) is 35.8 Å². The zero-order chi connectivity index (χ0) is 17.2. The fraction of sp³-hybridized carbons (Fsp3) is 0.211. The average Bonchev–Trinajstić information content (AvgIpc) is 3.29. The van der Waals surface area contributed by atoms with Gasteiger partial charge in [-0.25, -0.2) is 4.39 Å². The predicted octanol–water partition coefficient (Wildman–Crippen LogP) is 4.06. The summed E-state index contributed by atoms with van der Waals surface area (Å²) < 4.78 is 18.6. The number of halogens is 1. The van der Waals surface area contributed by atoms with Crippen LogP contribution in [0.4, 0.5) is 4.39 Å². The number of benzene rings is 1. The van der Waals surface area contributed by atoms with Gasteiger partial charge in [0.15, 0.2) is 5.11 Å².